The lowest BCUT2D eigenvalue weighted by Crippen LogP contribution is -2.48. The SMILES string of the molecule is OCC1(NC2CC2)CCC(OC2CCC2)C1. The maximum atomic E-state index is 9.60. The fourth-order valence-electron chi connectivity index (χ4n) is 2.95. The molecule has 3 aliphatic carbocycles. The maximum absolute atomic E-state index is 9.60. The number of aliphatic hydroxyl groups is 1. The average Bonchev–Trinajstić information content (AvgIpc) is 2.93. The third-order valence-electron chi connectivity index (χ3n) is 4.39. The molecule has 3 heteroatoms. The summed E-state index contributed by atoms with van der Waals surface area (Å²) in [6, 6.07) is 0.676. The van der Waals surface area contributed by atoms with Gasteiger partial charge < -0.3 is 15.2 Å². The van der Waals surface area contributed by atoms with Crippen LogP contribution in [-0.4, -0.2) is 35.5 Å². The Hall–Kier alpha value is -0.120. The third-order valence-corrected chi connectivity index (χ3v) is 4.39. The van der Waals surface area contributed by atoms with Crippen LogP contribution in [0.15, 0.2) is 0 Å². The van der Waals surface area contributed by atoms with Gasteiger partial charge in [-0.1, -0.05) is 0 Å². The minimum absolute atomic E-state index is 0.0183. The van der Waals surface area contributed by atoms with Gasteiger partial charge in [0.05, 0.1) is 18.8 Å². The van der Waals surface area contributed by atoms with Gasteiger partial charge in [-0.2, -0.15) is 0 Å². The van der Waals surface area contributed by atoms with Crippen LogP contribution in [0.2, 0.25) is 0 Å². The van der Waals surface area contributed by atoms with Crippen molar-refractivity contribution in [1.29, 1.82) is 0 Å². The van der Waals surface area contributed by atoms with Gasteiger partial charge in [0.1, 0.15) is 0 Å². The van der Waals surface area contributed by atoms with Crippen LogP contribution in [0.4, 0.5) is 0 Å². The number of hydrogen-bond acceptors (Lipinski definition) is 3. The summed E-state index contributed by atoms with van der Waals surface area (Å²) in [7, 11) is 0. The van der Waals surface area contributed by atoms with E-state index in [0.29, 0.717) is 18.2 Å². The second-order valence-electron chi connectivity index (χ2n) is 5.91. The molecule has 0 aromatic rings. The minimum Gasteiger partial charge on any atom is -0.394 e. The van der Waals surface area contributed by atoms with Crippen LogP contribution < -0.4 is 5.32 Å². The van der Waals surface area contributed by atoms with Gasteiger partial charge in [0.15, 0.2) is 0 Å². The molecule has 0 amide bonds. The van der Waals surface area contributed by atoms with Crippen molar-refractivity contribution in [1.82, 2.24) is 5.32 Å². The first-order valence-corrected chi connectivity index (χ1v) is 6.84. The first-order valence-electron chi connectivity index (χ1n) is 6.84. The molecule has 92 valence electrons. The first-order chi connectivity index (χ1) is 7.80. The van der Waals surface area contributed by atoms with Gasteiger partial charge in [-0.15, -0.1) is 0 Å². The third kappa shape index (κ3) is 2.27. The summed E-state index contributed by atoms with van der Waals surface area (Å²) in [5.41, 5.74) is -0.0183. The number of nitrogens with one attached hydrogen (secondary N) is 1. The van der Waals surface area contributed by atoms with Gasteiger partial charge in [-0.3, -0.25) is 0 Å². The van der Waals surface area contributed by atoms with Crippen molar-refractivity contribution in [2.45, 2.75) is 75.2 Å². The Balaban J connectivity index is 1.51. The van der Waals surface area contributed by atoms with E-state index in [9.17, 15) is 5.11 Å². The summed E-state index contributed by atoms with van der Waals surface area (Å²) < 4.78 is 6.06. The Bertz CT molecular complexity index is 250. The molecule has 0 radical (unpaired) electrons. The van der Waals surface area contributed by atoms with E-state index in [1.54, 1.807) is 0 Å². The molecule has 0 heterocycles. The maximum Gasteiger partial charge on any atom is 0.0614 e. The van der Waals surface area contributed by atoms with E-state index >= 15 is 0 Å². The van der Waals surface area contributed by atoms with E-state index in [4.69, 9.17) is 4.74 Å². The van der Waals surface area contributed by atoms with Crippen molar-refractivity contribution in [3.8, 4) is 0 Å². The molecule has 0 bridgehead atoms. The van der Waals surface area contributed by atoms with Crippen molar-refractivity contribution in [2.75, 3.05) is 6.61 Å². The molecule has 3 rings (SSSR count). The molecular formula is C13H23NO2. The van der Waals surface area contributed by atoms with Crippen LogP contribution in [-0.2, 0) is 4.74 Å². The molecule has 3 fully saturated rings. The molecule has 3 nitrogen and oxygen atoms in total. The normalized spacial score (nSPS) is 39.9. The van der Waals surface area contributed by atoms with Gasteiger partial charge in [-0.25, -0.2) is 0 Å². The van der Waals surface area contributed by atoms with E-state index in [-0.39, 0.29) is 12.1 Å². The molecule has 16 heavy (non-hydrogen) atoms. The van der Waals surface area contributed by atoms with Crippen molar-refractivity contribution in [3.63, 3.8) is 0 Å². The van der Waals surface area contributed by atoms with Crippen LogP contribution in [0.5, 0.6) is 0 Å². The Morgan fingerprint density at radius 3 is 2.50 bits per heavy atom. The summed E-state index contributed by atoms with van der Waals surface area (Å²) in [6.07, 6.45) is 10.5. The zero-order valence-electron chi connectivity index (χ0n) is 9.95. The van der Waals surface area contributed by atoms with Crippen LogP contribution in [0, 0.1) is 0 Å². The highest BCUT2D eigenvalue weighted by atomic mass is 16.5. The van der Waals surface area contributed by atoms with Crippen molar-refractivity contribution < 1.29 is 9.84 Å². The highest BCUT2D eigenvalue weighted by Crippen LogP contribution is 2.37. The van der Waals surface area contributed by atoms with Gasteiger partial charge in [-0.05, 0) is 51.4 Å². The van der Waals surface area contributed by atoms with Crippen molar-refractivity contribution in [2.24, 2.45) is 0 Å². The summed E-state index contributed by atoms with van der Waals surface area (Å²) in [5.74, 6) is 0. The topological polar surface area (TPSA) is 41.5 Å². The molecular weight excluding hydrogens is 202 g/mol. The van der Waals surface area contributed by atoms with Gasteiger partial charge >= 0.3 is 0 Å². The summed E-state index contributed by atoms with van der Waals surface area (Å²) in [6.45, 7) is 0.272. The van der Waals surface area contributed by atoms with Crippen molar-refractivity contribution in [3.05, 3.63) is 0 Å². The molecule has 3 saturated carbocycles. The minimum atomic E-state index is -0.0183. The predicted molar refractivity (Wildman–Crippen MR) is 62.3 cm³/mol. The summed E-state index contributed by atoms with van der Waals surface area (Å²) >= 11 is 0. The zero-order valence-corrected chi connectivity index (χ0v) is 9.95. The second kappa shape index (κ2) is 4.28. The number of aliphatic hydroxyl groups excluding tert-OH is 1. The number of rotatable bonds is 5. The smallest absolute Gasteiger partial charge is 0.0614 e. The molecule has 0 aromatic carbocycles. The van der Waals surface area contributed by atoms with Gasteiger partial charge in [0, 0.05) is 11.6 Å². The molecule has 0 spiro atoms. The lowest BCUT2D eigenvalue weighted by Gasteiger charge is -2.31. The molecule has 2 N–H and O–H groups in total. The fourth-order valence-corrected chi connectivity index (χ4v) is 2.95. The van der Waals surface area contributed by atoms with E-state index in [1.807, 2.05) is 0 Å². The highest BCUT2D eigenvalue weighted by molar-refractivity contribution is 5.01. The van der Waals surface area contributed by atoms with E-state index in [1.165, 1.54) is 32.1 Å². The van der Waals surface area contributed by atoms with Crippen molar-refractivity contribution >= 4 is 0 Å². The lowest BCUT2D eigenvalue weighted by atomic mass is 9.95. The Morgan fingerprint density at radius 2 is 1.94 bits per heavy atom. The quantitative estimate of drug-likeness (QED) is 0.746. The standard InChI is InChI=1S/C13H23NO2/c15-9-13(14-10-4-5-10)7-6-12(8-13)16-11-2-1-3-11/h10-12,14-15H,1-9H2. The fraction of sp³-hybridized carbons (Fsp3) is 1.00. The number of hydrogen-bond donors (Lipinski definition) is 2. The molecule has 0 aromatic heterocycles. The monoisotopic (exact) mass is 225 g/mol. The highest BCUT2D eigenvalue weighted by Gasteiger charge is 2.43. The van der Waals surface area contributed by atoms with Crippen LogP contribution in [0.3, 0.4) is 0 Å². The van der Waals surface area contributed by atoms with E-state index in [0.717, 1.165) is 19.3 Å². The Kier molecular flexibility index (Phi) is 2.94. The molecule has 2 atom stereocenters. The largest absolute Gasteiger partial charge is 0.394 e. The van der Waals surface area contributed by atoms with Gasteiger partial charge in [0.25, 0.3) is 0 Å². The van der Waals surface area contributed by atoms with E-state index < -0.39 is 0 Å². The molecule has 2 unspecified atom stereocenters. The van der Waals surface area contributed by atoms with Crippen LogP contribution in [0.1, 0.15) is 51.4 Å². The average molecular weight is 225 g/mol. The Morgan fingerprint density at radius 1 is 1.12 bits per heavy atom. The Labute approximate surface area is 97.6 Å². The molecule has 0 saturated heterocycles. The molecule has 3 aliphatic rings. The zero-order chi connectivity index (χ0) is 11.0. The second-order valence-corrected chi connectivity index (χ2v) is 5.91. The lowest BCUT2D eigenvalue weighted by molar-refractivity contribution is -0.0517. The van der Waals surface area contributed by atoms with Crippen LogP contribution in [0.25, 0.3) is 0 Å². The number of ether oxygens (including phenoxy) is 1. The summed E-state index contributed by atoms with van der Waals surface area (Å²) in [4.78, 5) is 0. The first kappa shape index (κ1) is 11.0. The molecule has 0 aliphatic heterocycles. The summed E-state index contributed by atoms with van der Waals surface area (Å²) in [5, 5.41) is 13.2. The van der Waals surface area contributed by atoms with Gasteiger partial charge in [0.2, 0.25) is 0 Å². The van der Waals surface area contributed by atoms with Crippen LogP contribution >= 0.6 is 0 Å². The predicted octanol–water partition coefficient (Wildman–Crippen LogP) is 1.59. The van der Waals surface area contributed by atoms with E-state index in [2.05, 4.69) is 5.32 Å².